The number of nitrogens with one attached hydrogen (secondary N) is 2. The Balaban J connectivity index is 1.36. The van der Waals surface area contributed by atoms with Crippen LogP contribution in [0.3, 0.4) is 0 Å². The molecule has 31 heavy (non-hydrogen) atoms. The number of benzene rings is 3. The Hall–Kier alpha value is -4.19. The molecule has 0 spiro atoms. The van der Waals surface area contributed by atoms with Crippen molar-refractivity contribution in [3.63, 3.8) is 0 Å². The molecule has 0 aliphatic heterocycles. The quantitative estimate of drug-likeness (QED) is 0.436. The summed E-state index contributed by atoms with van der Waals surface area (Å²) in [5, 5.41) is 3.86. The van der Waals surface area contributed by atoms with E-state index in [2.05, 4.69) is 56.7 Å². The molecule has 0 fully saturated rings. The van der Waals surface area contributed by atoms with Gasteiger partial charge in [-0.15, -0.1) is 0 Å². The van der Waals surface area contributed by atoms with Gasteiger partial charge in [0, 0.05) is 25.5 Å². The van der Waals surface area contributed by atoms with Crippen LogP contribution >= 0.6 is 0 Å². The minimum atomic E-state index is -0.144. The molecule has 0 saturated carbocycles. The minimum Gasteiger partial charge on any atom is -0.352 e. The second-order valence-electron chi connectivity index (χ2n) is 7.37. The Labute approximate surface area is 179 Å². The van der Waals surface area contributed by atoms with Crippen LogP contribution in [0.4, 0.5) is 5.95 Å². The minimum absolute atomic E-state index is 0.144. The number of imidazole rings is 1. The second-order valence-corrected chi connectivity index (χ2v) is 7.37. The first-order valence-corrected chi connectivity index (χ1v) is 10.1. The number of rotatable bonds is 6. The van der Waals surface area contributed by atoms with Gasteiger partial charge in [0.25, 0.3) is 5.56 Å². The maximum Gasteiger partial charge on any atom is 0.260 e. The van der Waals surface area contributed by atoms with Crippen LogP contribution in [0, 0.1) is 0 Å². The highest BCUT2D eigenvalue weighted by Crippen LogP contribution is 2.25. The molecule has 6 heteroatoms. The summed E-state index contributed by atoms with van der Waals surface area (Å²) in [6.45, 7) is 1.35. The van der Waals surface area contributed by atoms with E-state index < -0.39 is 0 Å². The Morgan fingerprint density at radius 1 is 0.935 bits per heavy atom. The number of anilines is 1. The number of aromatic amines is 1. The monoisotopic (exact) mass is 407 g/mol. The van der Waals surface area contributed by atoms with Crippen molar-refractivity contribution in [1.29, 1.82) is 0 Å². The highest BCUT2D eigenvalue weighted by molar-refractivity contribution is 5.78. The highest BCUT2D eigenvalue weighted by Gasteiger charge is 2.07. The Morgan fingerprint density at radius 3 is 2.58 bits per heavy atom. The third kappa shape index (κ3) is 4.09. The lowest BCUT2D eigenvalue weighted by Gasteiger charge is -2.12. The van der Waals surface area contributed by atoms with Crippen molar-refractivity contribution in [2.75, 3.05) is 5.32 Å². The van der Waals surface area contributed by atoms with Gasteiger partial charge >= 0.3 is 0 Å². The van der Waals surface area contributed by atoms with Gasteiger partial charge < -0.3 is 9.88 Å². The van der Waals surface area contributed by atoms with Crippen molar-refractivity contribution in [3.8, 4) is 11.1 Å². The van der Waals surface area contributed by atoms with Crippen LogP contribution in [0.2, 0.25) is 0 Å². The third-order valence-electron chi connectivity index (χ3n) is 5.27. The predicted molar refractivity (Wildman–Crippen MR) is 123 cm³/mol. The van der Waals surface area contributed by atoms with E-state index in [-0.39, 0.29) is 5.56 Å². The number of aromatic nitrogens is 4. The second kappa shape index (κ2) is 8.28. The van der Waals surface area contributed by atoms with E-state index in [0.29, 0.717) is 23.4 Å². The lowest BCUT2D eigenvalue weighted by atomic mass is 9.98. The van der Waals surface area contributed by atoms with Crippen LogP contribution in [0.5, 0.6) is 0 Å². The maximum absolute atomic E-state index is 12.3. The molecule has 5 aromatic rings. The number of para-hydroxylation sites is 1. The molecule has 0 saturated heterocycles. The van der Waals surface area contributed by atoms with E-state index in [1.807, 2.05) is 47.4 Å². The lowest BCUT2D eigenvalue weighted by Crippen LogP contribution is -2.13. The number of hydrogen-bond donors (Lipinski definition) is 2. The normalized spacial score (nSPS) is 11.0. The molecule has 2 heterocycles. The molecule has 5 rings (SSSR count). The Kier molecular flexibility index (Phi) is 5.02. The van der Waals surface area contributed by atoms with Gasteiger partial charge in [-0.3, -0.25) is 9.78 Å². The van der Waals surface area contributed by atoms with E-state index in [4.69, 9.17) is 0 Å². The molecular formula is C25H21N5O. The summed E-state index contributed by atoms with van der Waals surface area (Å²) in [6, 6.07) is 24.1. The summed E-state index contributed by atoms with van der Waals surface area (Å²) in [7, 11) is 0. The topological polar surface area (TPSA) is 75.6 Å². The summed E-state index contributed by atoms with van der Waals surface area (Å²) < 4.78 is 2.05. The molecule has 6 nitrogen and oxygen atoms in total. The molecule has 0 atom stereocenters. The SMILES string of the molecule is O=c1[nH]c(NCc2ccccc2-c2ccc(Cn3ccnc3)cc2)nc2ccccc12. The zero-order chi connectivity index (χ0) is 21.0. The standard InChI is InChI=1S/C25H21N5O/c31-24-22-7-3-4-8-23(22)28-25(29-24)27-15-20-5-1-2-6-21(20)19-11-9-18(10-12-19)16-30-14-13-26-17-30/h1-14,17H,15-16H2,(H2,27,28,29,31). The first-order valence-electron chi connectivity index (χ1n) is 10.1. The molecule has 2 N–H and O–H groups in total. The zero-order valence-electron chi connectivity index (χ0n) is 16.8. The highest BCUT2D eigenvalue weighted by atomic mass is 16.1. The molecule has 152 valence electrons. The van der Waals surface area contributed by atoms with Crippen LogP contribution in [-0.2, 0) is 13.1 Å². The number of fused-ring (bicyclic) bond motifs is 1. The summed E-state index contributed by atoms with van der Waals surface area (Å²) in [6.07, 6.45) is 5.56. The zero-order valence-corrected chi connectivity index (χ0v) is 16.8. The number of hydrogen-bond acceptors (Lipinski definition) is 4. The van der Waals surface area contributed by atoms with Crippen LogP contribution < -0.4 is 10.9 Å². The molecule has 0 aliphatic carbocycles. The number of nitrogens with zero attached hydrogens (tertiary/aromatic N) is 3. The molecule has 3 aromatic carbocycles. The van der Waals surface area contributed by atoms with Gasteiger partial charge in [-0.2, -0.15) is 0 Å². The molecular weight excluding hydrogens is 386 g/mol. The summed E-state index contributed by atoms with van der Waals surface area (Å²) >= 11 is 0. The molecule has 0 amide bonds. The largest absolute Gasteiger partial charge is 0.352 e. The van der Waals surface area contributed by atoms with Gasteiger partial charge in [-0.1, -0.05) is 60.7 Å². The smallest absolute Gasteiger partial charge is 0.260 e. The fraction of sp³-hybridized carbons (Fsp3) is 0.0800. The van der Waals surface area contributed by atoms with E-state index in [0.717, 1.165) is 23.2 Å². The van der Waals surface area contributed by atoms with Crippen LogP contribution in [0.15, 0.2) is 96.3 Å². The van der Waals surface area contributed by atoms with Crippen LogP contribution in [-0.4, -0.2) is 19.5 Å². The van der Waals surface area contributed by atoms with Crippen LogP contribution in [0.1, 0.15) is 11.1 Å². The van der Waals surface area contributed by atoms with Crippen molar-refractivity contribution in [3.05, 3.63) is 113 Å². The van der Waals surface area contributed by atoms with E-state index in [1.165, 1.54) is 5.56 Å². The first-order chi connectivity index (χ1) is 15.3. The predicted octanol–water partition coefficient (Wildman–Crippen LogP) is 4.45. The van der Waals surface area contributed by atoms with Crippen molar-refractivity contribution < 1.29 is 0 Å². The van der Waals surface area contributed by atoms with Gasteiger partial charge in [-0.25, -0.2) is 9.97 Å². The molecule has 0 radical (unpaired) electrons. The molecule has 2 aromatic heterocycles. The van der Waals surface area contributed by atoms with Crippen molar-refractivity contribution in [2.45, 2.75) is 13.1 Å². The number of H-pyrrole nitrogens is 1. The van der Waals surface area contributed by atoms with Gasteiger partial charge in [0.2, 0.25) is 5.95 Å². The maximum atomic E-state index is 12.3. The average molecular weight is 407 g/mol. The van der Waals surface area contributed by atoms with E-state index in [1.54, 1.807) is 12.3 Å². The van der Waals surface area contributed by atoms with E-state index >= 15 is 0 Å². The molecule has 0 bridgehead atoms. The Morgan fingerprint density at radius 2 is 1.74 bits per heavy atom. The van der Waals surface area contributed by atoms with Crippen molar-refractivity contribution >= 4 is 16.9 Å². The Bertz CT molecular complexity index is 1370. The average Bonchev–Trinajstić information content (AvgIpc) is 3.32. The van der Waals surface area contributed by atoms with Gasteiger partial charge in [0.15, 0.2) is 0 Å². The summed E-state index contributed by atoms with van der Waals surface area (Å²) in [5.74, 6) is 0.467. The van der Waals surface area contributed by atoms with Gasteiger partial charge in [0.1, 0.15) is 0 Å². The van der Waals surface area contributed by atoms with Crippen LogP contribution in [0.25, 0.3) is 22.0 Å². The van der Waals surface area contributed by atoms with E-state index in [9.17, 15) is 4.79 Å². The fourth-order valence-corrected chi connectivity index (χ4v) is 3.69. The van der Waals surface area contributed by atoms with Gasteiger partial charge in [-0.05, 0) is 34.4 Å². The van der Waals surface area contributed by atoms with Gasteiger partial charge in [0.05, 0.1) is 17.2 Å². The molecule has 0 aliphatic rings. The first kappa shape index (κ1) is 18.8. The lowest BCUT2D eigenvalue weighted by molar-refractivity contribution is 0.797. The third-order valence-corrected chi connectivity index (χ3v) is 5.27. The summed E-state index contributed by atoms with van der Waals surface area (Å²) in [5.41, 5.74) is 5.17. The van der Waals surface area contributed by atoms with Crippen molar-refractivity contribution in [1.82, 2.24) is 19.5 Å². The summed E-state index contributed by atoms with van der Waals surface area (Å²) in [4.78, 5) is 23.7. The van der Waals surface area contributed by atoms with Crippen molar-refractivity contribution in [2.24, 2.45) is 0 Å². The molecule has 0 unspecified atom stereocenters. The fourth-order valence-electron chi connectivity index (χ4n) is 3.69.